The monoisotopic (exact) mass is 365 g/mol. The lowest BCUT2D eigenvalue weighted by atomic mass is 10.3. The van der Waals surface area contributed by atoms with Crippen molar-refractivity contribution in [3.8, 4) is 11.4 Å². The lowest BCUT2D eigenvalue weighted by Gasteiger charge is -2.11. The standard InChI is InChI=1S/C15H13BrClN3O/c1-21-10-4-5-11(16)13(9-10)20-14(6-7-17)19-12-3-2-8-18-15(12)20/h2-5,8-9H,6-7H2,1H3. The maximum absolute atomic E-state index is 5.91. The van der Waals surface area contributed by atoms with E-state index in [0.29, 0.717) is 12.3 Å². The summed E-state index contributed by atoms with van der Waals surface area (Å²) in [5.41, 5.74) is 2.61. The molecule has 0 radical (unpaired) electrons. The van der Waals surface area contributed by atoms with Gasteiger partial charge in [0, 0.05) is 29.0 Å². The van der Waals surface area contributed by atoms with Crippen molar-refractivity contribution in [2.75, 3.05) is 13.0 Å². The van der Waals surface area contributed by atoms with Crippen molar-refractivity contribution in [3.05, 3.63) is 46.8 Å². The molecular weight excluding hydrogens is 354 g/mol. The van der Waals surface area contributed by atoms with Gasteiger partial charge in [0.25, 0.3) is 0 Å². The first-order chi connectivity index (χ1) is 10.2. The molecule has 0 atom stereocenters. The predicted octanol–water partition coefficient (Wildman–Crippen LogP) is 3.97. The fourth-order valence-electron chi connectivity index (χ4n) is 2.26. The summed E-state index contributed by atoms with van der Waals surface area (Å²) < 4.78 is 8.29. The van der Waals surface area contributed by atoms with Gasteiger partial charge in [-0.1, -0.05) is 0 Å². The molecule has 2 heterocycles. The number of pyridine rings is 1. The predicted molar refractivity (Wildman–Crippen MR) is 87.5 cm³/mol. The van der Waals surface area contributed by atoms with Crippen LogP contribution in [0.25, 0.3) is 16.9 Å². The second-order valence-electron chi connectivity index (χ2n) is 4.47. The number of aryl methyl sites for hydroxylation is 1. The number of nitrogens with zero attached hydrogens (tertiary/aromatic N) is 3. The zero-order chi connectivity index (χ0) is 14.8. The van der Waals surface area contributed by atoms with E-state index in [0.717, 1.165) is 32.9 Å². The van der Waals surface area contributed by atoms with Crippen LogP contribution in [-0.2, 0) is 6.42 Å². The molecule has 2 aromatic heterocycles. The number of halogens is 2. The van der Waals surface area contributed by atoms with E-state index in [1.807, 2.05) is 34.9 Å². The van der Waals surface area contributed by atoms with Gasteiger partial charge in [0.05, 0.1) is 12.8 Å². The van der Waals surface area contributed by atoms with Crippen molar-refractivity contribution in [1.82, 2.24) is 14.5 Å². The smallest absolute Gasteiger partial charge is 0.164 e. The third kappa shape index (κ3) is 2.63. The van der Waals surface area contributed by atoms with Crippen molar-refractivity contribution < 1.29 is 4.74 Å². The third-order valence-electron chi connectivity index (χ3n) is 3.20. The highest BCUT2D eigenvalue weighted by Gasteiger charge is 2.15. The van der Waals surface area contributed by atoms with Gasteiger partial charge in [-0.3, -0.25) is 4.57 Å². The largest absolute Gasteiger partial charge is 0.497 e. The van der Waals surface area contributed by atoms with Crippen molar-refractivity contribution in [3.63, 3.8) is 0 Å². The molecule has 0 aliphatic rings. The fraction of sp³-hybridized carbons (Fsp3) is 0.200. The lowest BCUT2D eigenvalue weighted by molar-refractivity contribution is 0.414. The topological polar surface area (TPSA) is 39.9 Å². The summed E-state index contributed by atoms with van der Waals surface area (Å²) in [7, 11) is 1.65. The molecule has 21 heavy (non-hydrogen) atoms. The van der Waals surface area contributed by atoms with E-state index >= 15 is 0 Å². The minimum Gasteiger partial charge on any atom is -0.497 e. The van der Waals surface area contributed by atoms with Crippen LogP contribution in [0.3, 0.4) is 0 Å². The van der Waals surface area contributed by atoms with E-state index in [2.05, 4.69) is 25.9 Å². The van der Waals surface area contributed by atoms with Gasteiger partial charge in [0.1, 0.15) is 17.1 Å². The average Bonchev–Trinajstić information content (AvgIpc) is 2.86. The second kappa shape index (κ2) is 6.03. The molecular formula is C15H13BrClN3O. The number of fused-ring (bicyclic) bond motifs is 1. The minimum atomic E-state index is 0.505. The molecule has 0 saturated carbocycles. The number of hydrogen-bond donors (Lipinski definition) is 0. The first-order valence-corrected chi connectivity index (χ1v) is 7.79. The Labute approximate surface area is 135 Å². The van der Waals surface area contributed by atoms with Gasteiger partial charge in [0.2, 0.25) is 0 Å². The first kappa shape index (κ1) is 14.4. The summed E-state index contributed by atoms with van der Waals surface area (Å²) >= 11 is 9.50. The quantitative estimate of drug-likeness (QED) is 0.656. The van der Waals surface area contributed by atoms with Crippen LogP contribution in [0.2, 0.25) is 0 Å². The van der Waals surface area contributed by atoms with Gasteiger partial charge >= 0.3 is 0 Å². The van der Waals surface area contributed by atoms with Gasteiger partial charge < -0.3 is 4.74 Å². The van der Waals surface area contributed by atoms with Gasteiger partial charge in [-0.25, -0.2) is 9.97 Å². The Morgan fingerprint density at radius 2 is 2.19 bits per heavy atom. The van der Waals surface area contributed by atoms with Crippen molar-refractivity contribution in [2.45, 2.75) is 6.42 Å². The Kier molecular flexibility index (Phi) is 4.12. The zero-order valence-electron chi connectivity index (χ0n) is 11.4. The molecule has 0 aliphatic heterocycles. The Morgan fingerprint density at radius 3 is 2.95 bits per heavy atom. The second-order valence-corrected chi connectivity index (χ2v) is 5.70. The lowest BCUT2D eigenvalue weighted by Crippen LogP contribution is -2.04. The summed E-state index contributed by atoms with van der Waals surface area (Å²) in [6.45, 7) is 0. The van der Waals surface area contributed by atoms with Crippen LogP contribution in [0, 0.1) is 0 Å². The van der Waals surface area contributed by atoms with Crippen LogP contribution < -0.4 is 4.74 Å². The molecule has 0 aliphatic carbocycles. The Hall–Kier alpha value is -1.59. The van der Waals surface area contributed by atoms with Crippen LogP contribution >= 0.6 is 27.5 Å². The summed E-state index contributed by atoms with van der Waals surface area (Å²) in [6, 6.07) is 9.64. The van der Waals surface area contributed by atoms with Crippen LogP contribution in [0.1, 0.15) is 5.82 Å². The van der Waals surface area contributed by atoms with Crippen LogP contribution in [0.15, 0.2) is 41.0 Å². The Morgan fingerprint density at radius 1 is 1.33 bits per heavy atom. The number of benzene rings is 1. The number of aromatic nitrogens is 3. The molecule has 0 saturated heterocycles. The molecule has 0 N–H and O–H groups in total. The van der Waals surface area contributed by atoms with Crippen LogP contribution in [0.4, 0.5) is 0 Å². The molecule has 0 amide bonds. The molecule has 3 aromatic rings. The highest BCUT2D eigenvalue weighted by molar-refractivity contribution is 9.10. The number of alkyl halides is 1. The van der Waals surface area contributed by atoms with E-state index in [9.17, 15) is 0 Å². The van der Waals surface area contributed by atoms with Gasteiger partial charge in [-0.05, 0) is 40.2 Å². The maximum atomic E-state index is 5.91. The fourth-order valence-corrected chi connectivity index (χ4v) is 2.85. The number of methoxy groups -OCH3 is 1. The summed E-state index contributed by atoms with van der Waals surface area (Å²) in [4.78, 5) is 9.08. The molecule has 1 aromatic carbocycles. The Bertz CT molecular complexity index is 788. The van der Waals surface area contributed by atoms with Crippen LogP contribution in [-0.4, -0.2) is 27.5 Å². The number of hydrogen-bond acceptors (Lipinski definition) is 3. The molecule has 4 nitrogen and oxygen atoms in total. The van der Waals surface area contributed by atoms with Crippen molar-refractivity contribution in [2.24, 2.45) is 0 Å². The SMILES string of the molecule is COc1ccc(Br)c(-n2c(CCCl)nc3cccnc32)c1. The van der Waals surface area contributed by atoms with Gasteiger partial charge in [0.15, 0.2) is 5.65 Å². The van der Waals surface area contributed by atoms with E-state index in [1.54, 1.807) is 13.3 Å². The highest BCUT2D eigenvalue weighted by Crippen LogP contribution is 2.29. The minimum absolute atomic E-state index is 0.505. The van der Waals surface area contributed by atoms with Gasteiger partial charge in [-0.2, -0.15) is 0 Å². The summed E-state index contributed by atoms with van der Waals surface area (Å²) in [5.74, 6) is 2.17. The summed E-state index contributed by atoms with van der Waals surface area (Å²) in [5, 5.41) is 0. The average molecular weight is 367 g/mol. The Balaban J connectivity index is 2.29. The molecule has 0 fully saturated rings. The molecule has 0 unspecified atom stereocenters. The molecule has 3 rings (SSSR count). The molecule has 6 heteroatoms. The van der Waals surface area contributed by atoms with E-state index in [4.69, 9.17) is 16.3 Å². The number of imidazole rings is 1. The first-order valence-electron chi connectivity index (χ1n) is 6.47. The van der Waals surface area contributed by atoms with Crippen molar-refractivity contribution in [1.29, 1.82) is 0 Å². The van der Waals surface area contributed by atoms with Crippen molar-refractivity contribution >= 4 is 38.7 Å². The zero-order valence-corrected chi connectivity index (χ0v) is 13.7. The number of rotatable bonds is 4. The molecule has 0 spiro atoms. The summed E-state index contributed by atoms with van der Waals surface area (Å²) in [6.07, 6.45) is 2.43. The van der Waals surface area contributed by atoms with E-state index < -0.39 is 0 Å². The number of ether oxygens (including phenoxy) is 1. The molecule has 0 bridgehead atoms. The maximum Gasteiger partial charge on any atom is 0.164 e. The molecule has 108 valence electrons. The van der Waals surface area contributed by atoms with E-state index in [-0.39, 0.29) is 0 Å². The normalized spacial score (nSPS) is 11.0. The highest BCUT2D eigenvalue weighted by atomic mass is 79.9. The van der Waals surface area contributed by atoms with E-state index in [1.165, 1.54) is 0 Å². The third-order valence-corrected chi connectivity index (χ3v) is 4.06. The van der Waals surface area contributed by atoms with Gasteiger partial charge in [-0.15, -0.1) is 11.6 Å². The van der Waals surface area contributed by atoms with Crippen LogP contribution in [0.5, 0.6) is 5.75 Å².